The first-order valence-corrected chi connectivity index (χ1v) is 12.6. The van der Waals surface area contributed by atoms with E-state index < -0.39 is 5.54 Å². The predicted octanol–water partition coefficient (Wildman–Crippen LogP) is 4.68. The average Bonchev–Trinajstić information content (AvgIpc) is 3.34. The van der Waals surface area contributed by atoms with Gasteiger partial charge in [0.1, 0.15) is 5.54 Å². The normalized spacial score (nSPS) is 12.3. The largest absolute Gasteiger partial charge is 0.348 e. The van der Waals surface area contributed by atoms with Crippen LogP contribution < -0.4 is 5.32 Å². The Balaban J connectivity index is 1.88. The summed E-state index contributed by atoms with van der Waals surface area (Å²) in [4.78, 5) is 12.3. The minimum absolute atomic E-state index is 0.103. The molecule has 0 unspecified atom stereocenters. The third-order valence-electron chi connectivity index (χ3n) is 5.49. The van der Waals surface area contributed by atoms with Crippen LogP contribution >= 0.6 is 31.9 Å². The van der Waals surface area contributed by atoms with Gasteiger partial charge >= 0.3 is 0 Å². The third-order valence-corrected chi connectivity index (χ3v) is 6.83. The summed E-state index contributed by atoms with van der Waals surface area (Å²) in [5, 5.41) is 16.5. The highest BCUT2D eigenvalue weighted by atomic mass is 79.9. The first kappa shape index (κ1) is 23.3. The number of nitrogens with one attached hydrogen (secondary N) is 1. The van der Waals surface area contributed by atoms with Crippen LogP contribution in [0.5, 0.6) is 0 Å². The second-order valence-electron chi connectivity index (χ2n) is 7.48. The van der Waals surface area contributed by atoms with Crippen LogP contribution in [0.4, 0.5) is 0 Å². The van der Waals surface area contributed by atoms with Crippen LogP contribution in [0.1, 0.15) is 28.9 Å². The van der Waals surface area contributed by atoms with Gasteiger partial charge in [-0.3, -0.25) is 4.79 Å². The van der Waals surface area contributed by atoms with Crippen molar-refractivity contribution in [3.05, 3.63) is 114 Å². The zero-order valence-electron chi connectivity index (χ0n) is 17.8. The molecule has 1 heterocycles. The second-order valence-corrected chi connectivity index (χ2v) is 9.38. The van der Waals surface area contributed by atoms with Gasteiger partial charge in [0.2, 0.25) is 5.91 Å². The highest BCUT2D eigenvalue weighted by Crippen LogP contribution is 2.40. The van der Waals surface area contributed by atoms with Crippen molar-refractivity contribution in [3.63, 3.8) is 0 Å². The summed E-state index contributed by atoms with van der Waals surface area (Å²) in [5.74, 6) is 0.451. The number of carbonyl (C=O) groups is 1. The van der Waals surface area contributed by atoms with Crippen LogP contribution in [0.25, 0.3) is 0 Å². The van der Waals surface area contributed by atoms with Crippen molar-refractivity contribution in [3.8, 4) is 0 Å². The van der Waals surface area contributed by atoms with Gasteiger partial charge < -0.3 is 5.32 Å². The van der Waals surface area contributed by atoms with E-state index in [0.717, 1.165) is 22.0 Å². The average molecular weight is 569 g/mol. The number of tetrazole rings is 1. The van der Waals surface area contributed by atoms with Gasteiger partial charge in [-0.2, -0.15) is 0 Å². The zero-order chi connectivity index (χ0) is 23.1. The Morgan fingerprint density at radius 3 is 1.82 bits per heavy atom. The summed E-state index contributed by atoms with van der Waals surface area (Å²) < 4.78 is 1.82. The Kier molecular flexibility index (Phi) is 7.67. The number of aromatic nitrogens is 4. The molecular formula is C25H23Br2N5O. The second kappa shape index (κ2) is 10.9. The van der Waals surface area contributed by atoms with E-state index >= 15 is 0 Å². The highest BCUT2D eigenvalue weighted by Gasteiger charge is 2.41. The van der Waals surface area contributed by atoms with Crippen LogP contribution in [0.3, 0.4) is 0 Å². The number of rotatable bonds is 9. The molecule has 0 aliphatic heterocycles. The predicted molar refractivity (Wildman–Crippen MR) is 135 cm³/mol. The molecule has 4 rings (SSSR count). The number of nitrogens with zero attached hydrogens (tertiary/aromatic N) is 4. The molecule has 3 aromatic carbocycles. The van der Waals surface area contributed by atoms with E-state index in [-0.39, 0.29) is 17.3 Å². The fraction of sp³-hybridized carbons (Fsp3) is 0.200. The van der Waals surface area contributed by atoms with E-state index in [0.29, 0.717) is 12.2 Å². The minimum atomic E-state index is -0.822. The molecule has 4 aromatic rings. The van der Waals surface area contributed by atoms with Crippen LogP contribution in [0.15, 0.2) is 91.0 Å². The van der Waals surface area contributed by atoms with Crippen molar-refractivity contribution < 1.29 is 4.79 Å². The lowest BCUT2D eigenvalue weighted by molar-refractivity contribution is -0.120. The topological polar surface area (TPSA) is 72.7 Å². The molecule has 168 valence electrons. The lowest BCUT2D eigenvalue weighted by atomic mass is 9.77. The summed E-state index contributed by atoms with van der Waals surface area (Å²) in [6, 6.07) is 30.5. The number of benzene rings is 3. The van der Waals surface area contributed by atoms with Crippen LogP contribution in [-0.2, 0) is 16.9 Å². The first-order chi connectivity index (χ1) is 16.2. The molecule has 0 aliphatic rings. The molecule has 8 heteroatoms. The van der Waals surface area contributed by atoms with Crippen molar-refractivity contribution in [1.29, 1.82) is 0 Å². The van der Waals surface area contributed by atoms with Gasteiger partial charge in [-0.15, -0.1) is 5.10 Å². The quantitative estimate of drug-likeness (QED) is 0.235. The molecule has 1 aromatic heterocycles. The maximum absolute atomic E-state index is 12.5. The smallest absolute Gasteiger partial charge is 0.234 e. The van der Waals surface area contributed by atoms with Crippen LogP contribution in [0.2, 0.25) is 0 Å². The molecular weight excluding hydrogens is 546 g/mol. The van der Waals surface area contributed by atoms with E-state index in [4.69, 9.17) is 0 Å². The van der Waals surface area contributed by atoms with Gasteiger partial charge in [-0.25, -0.2) is 4.68 Å². The molecule has 1 atom stereocenters. The molecule has 1 amide bonds. The van der Waals surface area contributed by atoms with Crippen molar-refractivity contribution >= 4 is 37.8 Å². The fourth-order valence-electron chi connectivity index (χ4n) is 3.99. The van der Waals surface area contributed by atoms with E-state index in [9.17, 15) is 4.79 Å². The van der Waals surface area contributed by atoms with E-state index in [2.05, 4.69) is 89.1 Å². The number of carbonyl (C=O) groups excluding carboxylic acids is 1. The monoisotopic (exact) mass is 567 g/mol. The van der Waals surface area contributed by atoms with Crippen molar-refractivity contribution in [1.82, 2.24) is 25.5 Å². The van der Waals surface area contributed by atoms with Crippen molar-refractivity contribution in [2.45, 2.75) is 23.3 Å². The lowest BCUT2D eigenvalue weighted by Gasteiger charge is -2.36. The molecule has 1 N–H and O–H groups in total. The van der Waals surface area contributed by atoms with E-state index in [1.54, 1.807) is 0 Å². The fourth-order valence-corrected chi connectivity index (χ4v) is 5.45. The van der Waals surface area contributed by atoms with E-state index in [1.165, 1.54) is 0 Å². The molecule has 0 radical (unpaired) electrons. The van der Waals surface area contributed by atoms with E-state index in [1.807, 2.05) is 59.3 Å². The summed E-state index contributed by atoms with van der Waals surface area (Å²) >= 11 is 6.81. The van der Waals surface area contributed by atoms with Crippen LogP contribution in [-0.4, -0.2) is 36.3 Å². The summed E-state index contributed by atoms with van der Waals surface area (Å²) in [7, 11) is 0. The van der Waals surface area contributed by atoms with Crippen LogP contribution in [0, 0.1) is 0 Å². The maximum atomic E-state index is 12.5. The molecule has 0 spiro atoms. The number of alkyl halides is 2. The first-order valence-electron chi connectivity index (χ1n) is 10.6. The lowest BCUT2D eigenvalue weighted by Crippen LogP contribution is -2.41. The molecule has 0 saturated heterocycles. The standard InChI is InChI=1S/C25H23Br2N5O/c26-17-16-22(27)24(33)28-18-23-29-30-31-32(23)25(19-10-4-1-5-11-19,20-12-6-2-7-13-20)21-14-8-3-9-15-21/h1-15,22H,16-18H2,(H,28,33)/t22-/m0/s1. The molecule has 0 saturated carbocycles. The number of hydrogen-bond donors (Lipinski definition) is 1. The van der Waals surface area contributed by atoms with Gasteiger partial charge in [0.05, 0.1) is 11.4 Å². The Hall–Kier alpha value is -2.84. The third kappa shape index (κ3) is 4.77. The van der Waals surface area contributed by atoms with Gasteiger partial charge in [-0.1, -0.05) is 123 Å². The molecule has 0 bridgehead atoms. The molecule has 6 nitrogen and oxygen atoms in total. The Bertz CT molecular complexity index is 1070. The molecule has 0 aliphatic carbocycles. The van der Waals surface area contributed by atoms with Gasteiger partial charge in [0, 0.05) is 5.33 Å². The zero-order valence-corrected chi connectivity index (χ0v) is 21.0. The van der Waals surface area contributed by atoms with Gasteiger partial charge in [-0.05, 0) is 33.5 Å². The summed E-state index contributed by atoms with van der Waals surface area (Å²) in [6.07, 6.45) is 0.679. The number of hydrogen-bond acceptors (Lipinski definition) is 4. The summed E-state index contributed by atoms with van der Waals surface area (Å²) in [6.45, 7) is 0.199. The Morgan fingerprint density at radius 1 is 0.879 bits per heavy atom. The Labute approximate surface area is 209 Å². The maximum Gasteiger partial charge on any atom is 0.234 e. The Morgan fingerprint density at radius 2 is 1.36 bits per heavy atom. The van der Waals surface area contributed by atoms with Gasteiger partial charge in [0.25, 0.3) is 0 Å². The van der Waals surface area contributed by atoms with Crippen molar-refractivity contribution in [2.24, 2.45) is 0 Å². The summed E-state index contributed by atoms with van der Waals surface area (Å²) in [5.41, 5.74) is 2.22. The van der Waals surface area contributed by atoms with Gasteiger partial charge in [0.15, 0.2) is 5.82 Å². The molecule has 33 heavy (non-hydrogen) atoms. The molecule has 0 fully saturated rings. The number of amides is 1. The number of halogens is 2. The SMILES string of the molecule is O=C(NCc1nnnn1C(c1ccccc1)(c1ccccc1)c1ccccc1)[C@@H](Br)CCBr. The van der Waals surface area contributed by atoms with Crippen molar-refractivity contribution in [2.75, 3.05) is 5.33 Å². The minimum Gasteiger partial charge on any atom is -0.348 e. The highest BCUT2D eigenvalue weighted by molar-refractivity contribution is 9.10.